The van der Waals surface area contributed by atoms with Gasteiger partial charge in [-0.3, -0.25) is 14.9 Å². The van der Waals surface area contributed by atoms with Gasteiger partial charge in [0.2, 0.25) is 0 Å². The fraction of sp³-hybridized carbons (Fsp3) is 0.280. The Morgan fingerprint density at radius 2 is 1.87 bits per heavy atom. The number of aryl methyl sites for hydroxylation is 1. The van der Waals surface area contributed by atoms with Crippen LogP contribution in [0.25, 0.3) is 10.9 Å². The third-order valence-corrected chi connectivity index (χ3v) is 5.88. The number of hydrogen-bond donors (Lipinski definition) is 1. The van der Waals surface area contributed by atoms with Gasteiger partial charge < -0.3 is 5.32 Å². The van der Waals surface area contributed by atoms with Gasteiger partial charge in [0.1, 0.15) is 11.6 Å². The van der Waals surface area contributed by atoms with Crippen LogP contribution in [0.3, 0.4) is 0 Å². The number of hydrogen-bond acceptors (Lipinski definition) is 6. The zero-order valence-corrected chi connectivity index (χ0v) is 17.7. The highest BCUT2D eigenvalue weighted by molar-refractivity contribution is 5.78. The number of aromatic nitrogens is 4. The minimum atomic E-state index is 0.441. The van der Waals surface area contributed by atoms with Gasteiger partial charge in [0, 0.05) is 35.9 Å². The maximum absolute atomic E-state index is 4.83. The van der Waals surface area contributed by atoms with E-state index in [0.29, 0.717) is 5.92 Å². The van der Waals surface area contributed by atoms with Gasteiger partial charge in [0.25, 0.3) is 0 Å². The Kier molecular flexibility index (Phi) is 5.54. The topological polar surface area (TPSA) is 66.8 Å². The zero-order valence-electron chi connectivity index (χ0n) is 17.7. The van der Waals surface area contributed by atoms with Crippen molar-refractivity contribution >= 4 is 22.5 Å². The van der Waals surface area contributed by atoms with Gasteiger partial charge in [0.15, 0.2) is 0 Å². The lowest BCUT2D eigenvalue weighted by molar-refractivity contribution is 0.203. The maximum atomic E-state index is 4.83. The molecule has 1 aromatic carbocycles. The highest BCUT2D eigenvalue weighted by atomic mass is 15.1. The summed E-state index contributed by atoms with van der Waals surface area (Å²) in [6.07, 6.45) is 7.70. The Labute approximate surface area is 182 Å². The van der Waals surface area contributed by atoms with Crippen molar-refractivity contribution in [3.8, 4) is 0 Å². The second-order valence-electron chi connectivity index (χ2n) is 8.20. The van der Waals surface area contributed by atoms with Crippen LogP contribution in [0.4, 0.5) is 11.6 Å². The summed E-state index contributed by atoms with van der Waals surface area (Å²) < 4.78 is 0. The lowest BCUT2D eigenvalue weighted by atomic mass is 9.93. The molecule has 4 heterocycles. The van der Waals surface area contributed by atoms with E-state index in [9.17, 15) is 0 Å². The van der Waals surface area contributed by atoms with E-state index in [-0.39, 0.29) is 0 Å². The third-order valence-electron chi connectivity index (χ3n) is 5.88. The van der Waals surface area contributed by atoms with E-state index in [1.807, 2.05) is 43.6 Å². The average Bonchev–Trinajstić information content (AvgIpc) is 2.80. The molecule has 1 aliphatic rings. The van der Waals surface area contributed by atoms with Crippen molar-refractivity contribution in [2.75, 3.05) is 18.4 Å². The van der Waals surface area contributed by atoms with Gasteiger partial charge in [-0.2, -0.15) is 0 Å². The Morgan fingerprint density at radius 3 is 2.74 bits per heavy atom. The number of nitrogens with one attached hydrogen (secondary N) is 1. The van der Waals surface area contributed by atoms with Gasteiger partial charge in [-0.25, -0.2) is 9.97 Å². The summed E-state index contributed by atoms with van der Waals surface area (Å²) in [5, 5.41) is 4.49. The van der Waals surface area contributed by atoms with Crippen molar-refractivity contribution in [3.05, 3.63) is 84.1 Å². The van der Waals surface area contributed by atoms with Crippen molar-refractivity contribution in [2.45, 2.75) is 32.2 Å². The van der Waals surface area contributed by atoms with Crippen LogP contribution in [-0.2, 0) is 6.54 Å². The molecule has 1 N–H and O–H groups in total. The number of likely N-dealkylation sites (tertiary alicyclic amines) is 1. The van der Waals surface area contributed by atoms with E-state index < -0.39 is 0 Å². The van der Waals surface area contributed by atoms with Crippen molar-refractivity contribution in [1.82, 2.24) is 24.8 Å². The van der Waals surface area contributed by atoms with Crippen molar-refractivity contribution in [1.29, 1.82) is 0 Å². The molecule has 0 radical (unpaired) electrons. The SMILES string of the molecule is Cc1cccc(Nc2cncc(C3CCN(Cc4ccc5ncccc5c4)CC3)n2)n1. The fourth-order valence-corrected chi connectivity index (χ4v) is 4.25. The molecule has 0 unspecified atom stereocenters. The normalized spacial score (nSPS) is 15.3. The van der Waals surface area contributed by atoms with Gasteiger partial charge in [0.05, 0.1) is 17.4 Å². The minimum absolute atomic E-state index is 0.441. The minimum Gasteiger partial charge on any atom is -0.324 e. The Morgan fingerprint density at radius 1 is 0.968 bits per heavy atom. The highest BCUT2D eigenvalue weighted by Gasteiger charge is 2.22. The first-order chi connectivity index (χ1) is 15.2. The van der Waals surface area contributed by atoms with Crippen LogP contribution in [0.2, 0.25) is 0 Å². The van der Waals surface area contributed by atoms with E-state index in [1.165, 1.54) is 10.9 Å². The molecular weight excluding hydrogens is 384 g/mol. The van der Waals surface area contributed by atoms with Gasteiger partial charge in [-0.1, -0.05) is 18.2 Å². The molecule has 3 aromatic heterocycles. The molecule has 31 heavy (non-hydrogen) atoms. The molecule has 1 aliphatic heterocycles. The van der Waals surface area contributed by atoms with Crippen LogP contribution < -0.4 is 5.32 Å². The first kappa shape index (κ1) is 19.6. The van der Waals surface area contributed by atoms with E-state index in [2.05, 4.69) is 49.4 Å². The van der Waals surface area contributed by atoms with Gasteiger partial charge in [-0.15, -0.1) is 0 Å². The lowest BCUT2D eigenvalue weighted by Gasteiger charge is -2.31. The fourth-order valence-electron chi connectivity index (χ4n) is 4.25. The van der Waals surface area contributed by atoms with Crippen LogP contribution in [-0.4, -0.2) is 37.9 Å². The van der Waals surface area contributed by atoms with Crippen molar-refractivity contribution < 1.29 is 0 Å². The van der Waals surface area contributed by atoms with E-state index in [1.54, 1.807) is 6.20 Å². The van der Waals surface area contributed by atoms with E-state index >= 15 is 0 Å². The molecule has 0 spiro atoms. The van der Waals surface area contributed by atoms with Gasteiger partial charge in [-0.05, 0) is 68.8 Å². The molecule has 156 valence electrons. The predicted molar refractivity (Wildman–Crippen MR) is 123 cm³/mol. The Balaban J connectivity index is 1.21. The first-order valence-corrected chi connectivity index (χ1v) is 10.8. The predicted octanol–water partition coefficient (Wildman–Crippen LogP) is 4.85. The zero-order chi connectivity index (χ0) is 21.0. The monoisotopic (exact) mass is 410 g/mol. The summed E-state index contributed by atoms with van der Waals surface area (Å²) in [6.45, 7) is 5.09. The number of pyridine rings is 2. The van der Waals surface area contributed by atoms with Crippen molar-refractivity contribution in [2.24, 2.45) is 0 Å². The molecule has 5 rings (SSSR count). The molecule has 0 aliphatic carbocycles. The average molecular weight is 411 g/mol. The molecule has 0 saturated carbocycles. The van der Waals surface area contributed by atoms with Crippen molar-refractivity contribution in [3.63, 3.8) is 0 Å². The van der Waals surface area contributed by atoms with Crippen LogP contribution in [0.15, 0.2) is 67.1 Å². The van der Waals surface area contributed by atoms with E-state index in [0.717, 1.165) is 61.0 Å². The molecular formula is C25H26N6. The number of rotatable bonds is 5. The maximum Gasteiger partial charge on any atom is 0.150 e. The Hall–Kier alpha value is -3.38. The van der Waals surface area contributed by atoms with Crippen LogP contribution in [0.1, 0.15) is 35.7 Å². The third kappa shape index (κ3) is 4.70. The summed E-state index contributed by atoms with van der Waals surface area (Å²) in [4.78, 5) is 20.7. The number of nitrogens with zero attached hydrogens (tertiary/aromatic N) is 5. The molecule has 0 atom stereocenters. The smallest absolute Gasteiger partial charge is 0.150 e. The molecule has 1 fully saturated rings. The summed E-state index contributed by atoms with van der Waals surface area (Å²) in [7, 11) is 0. The molecule has 1 saturated heterocycles. The number of piperidine rings is 1. The second-order valence-corrected chi connectivity index (χ2v) is 8.20. The number of benzene rings is 1. The van der Waals surface area contributed by atoms with E-state index in [4.69, 9.17) is 4.98 Å². The summed E-state index contributed by atoms with van der Waals surface area (Å²) in [6, 6.07) is 16.6. The first-order valence-electron chi connectivity index (χ1n) is 10.8. The summed E-state index contributed by atoms with van der Waals surface area (Å²) in [5.74, 6) is 1.99. The molecule has 4 aromatic rings. The number of anilines is 2. The molecule has 6 heteroatoms. The number of fused-ring (bicyclic) bond motifs is 1. The van der Waals surface area contributed by atoms with Crippen LogP contribution >= 0.6 is 0 Å². The Bertz CT molecular complexity index is 1180. The lowest BCUT2D eigenvalue weighted by Crippen LogP contribution is -2.32. The molecule has 0 amide bonds. The van der Waals surface area contributed by atoms with Crippen LogP contribution in [0, 0.1) is 6.92 Å². The summed E-state index contributed by atoms with van der Waals surface area (Å²) in [5.41, 5.74) is 4.44. The van der Waals surface area contributed by atoms with Crippen LogP contribution in [0.5, 0.6) is 0 Å². The van der Waals surface area contributed by atoms with Gasteiger partial charge >= 0.3 is 0 Å². The second kappa shape index (κ2) is 8.78. The quantitative estimate of drug-likeness (QED) is 0.507. The molecule has 0 bridgehead atoms. The molecule has 6 nitrogen and oxygen atoms in total. The standard InChI is InChI=1S/C25H26N6/c1-18-4-2-6-24(28-18)30-25-16-26-15-23(29-25)20-9-12-31(13-10-20)17-19-7-8-22-21(14-19)5-3-11-27-22/h2-8,11,14-16,20H,9-10,12-13,17H2,1H3,(H,28,29,30). The highest BCUT2D eigenvalue weighted by Crippen LogP contribution is 2.28. The summed E-state index contributed by atoms with van der Waals surface area (Å²) >= 11 is 0. The largest absolute Gasteiger partial charge is 0.324 e.